The van der Waals surface area contributed by atoms with Gasteiger partial charge in [-0.05, 0) is 31.8 Å². The predicted molar refractivity (Wildman–Crippen MR) is 78.6 cm³/mol. The molecule has 0 bridgehead atoms. The topological polar surface area (TPSA) is 66.3 Å². The minimum absolute atomic E-state index is 0.536. The van der Waals surface area contributed by atoms with Crippen LogP contribution in [0.4, 0.5) is 5.95 Å². The lowest BCUT2D eigenvalue weighted by Gasteiger charge is -2.35. The average Bonchev–Trinajstić information content (AvgIpc) is 2.47. The van der Waals surface area contributed by atoms with Gasteiger partial charge in [-0.3, -0.25) is 0 Å². The van der Waals surface area contributed by atoms with Gasteiger partial charge in [0.1, 0.15) is 0 Å². The molecule has 0 spiro atoms. The van der Waals surface area contributed by atoms with Crippen molar-refractivity contribution in [3.63, 3.8) is 0 Å². The predicted octanol–water partition coefficient (Wildman–Crippen LogP) is 2.73. The molecule has 1 fully saturated rings. The molecule has 20 heavy (non-hydrogen) atoms. The van der Waals surface area contributed by atoms with E-state index in [0.717, 1.165) is 18.6 Å². The van der Waals surface area contributed by atoms with Crippen LogP contribution in [0.25, 0.3) is 6.08 Å². The minimum Gasteiger partial charge on any atom is -0.478 e. The van der Waals surface area contributed by atoms with E-state index in [2.05, 4.69) is 21.8 Å². The van der Waals surface area contributed by atoms with E-state index in [9.17, 15) is 4.79 Å². The van der Waals surface area contributed by atoms with Crippen LogP contribution in [-0.2, 0) is 4.79 Å². The van der Waals surface area contributed by atoms with Crippen molar-refractivity contribution in [3.8, 4) is 0 Å². The lowest BCUT2D eigenvalue weighted by atomic mass is 9.99. The van der Waals surface area contributed by atoms with Gasteiger partial charge >= 0.3 is 5.97 Å². The molecule has 0 amide bonds. The highest BCUT2D eigenvalue weighted by Gasteiger charge is 2.23. The van der Waals surface area contributed by atoms with Crippen molar-refractivity contribution >= 4 is 18.0 Å². The zero-order valence-electron chi connectivity index (χ0n) is 11.8. The molecule has 1 aliphatic heterocycles. The molecule has 1 saturated heterocycles. The molecule has 108 valence electrons. The van der Waals surface area contributed by atoms with Crippen molar-refractivity contribution in [3.05, 3.63) is 24.0 Å². The summed E-state index contributed by atoms with van der Waals surface area (Å²) in [7, 11) is 0. The number of carboxylic acids is 1. The molecule has 1 aromatic rings. The highest BCUT2D eigenvalue weighted by Crippen LogP contribution is 2.24. The van der Waals surface area contributed by atoms with Crippen LogP contribution in [0, 0.1) is 0 Å². The van der Waals surface area contributed by atoms with Gasteiger partial charge < -0.3 is 10.0 Å². The maximum Gasteiger partial charge on any atom is 0.328 e. The molecule has 1 N–H and O–H groups in total. The Hall–Kier alpha value is -1.91. The second kappa shape index (κ2) is 7.03. The van der Waals surface area contributed by atoms with Crippen molar-refractivity contribution in [2.75, 3.05) is 11.4 Å². The van der Waals surface area contributed by atoms with Gasteiger partial charge in [0.05, 0.1) is 0 Å². The van der Waals surface area contributed by atoms with Crippen LogP contribution in [-0.4, -0.2) is 33.6 Å². The van der Waals surface area contributed by atoms with Crippen LogP contribution < -0.4 is 4.90 Å². The summed E-state index contributed by atoms with van der Waals surface area (Å²) < 4.78 is 0. The van der Waals surface area contributed by atoms with Gasteiger partial charge in [-0.25, -0.2) is 14.8 Å². The second-order valence-electron chi connectivity index (χ2n) is 5.12. The smallest absolute Gasteiger partial charge is 0.328 e. The van der Waals surface area contributed by atoms with Crippen LogP contribution in [0.1, 0.15) is 44.6 Å². The lowest BCUT2D eigenvalue weighted by molar-refractivity contribution is -0.131. The first-order valence-corrected chi connectivity index (χ1v) is 7.20. The molecule has 0 saturated carbocycles. The van der Waals surface area contributed by atoms with Gasteiger partial charge in [0.15, 0.2) is 0 Å². The molecule has 1 aliphatic rings. The number of aromatic nitrogens is 2. The Morgan fingerprint density at radius 1 is 1.45 bits per heavy atom. The molecular formula is C15H21N3O2. The summed E-state index contributed by atoms with van der Waals surface area (Å²) in [6, 6.07) is 0.536. The fraction of sp³-hybridized carbons (Fsp3) is 0.533. The van der Waals surface area contributed by atoms with Gasteiger partial charge in [-0.1, -0.05) is 13.3 Å². The fourth-order valence-electron chi connectivity index (χ4n) is 2.63. The number of rotatable bonds is 5. The Kier molecular flexibility index (Phi) is 5.09. The maximum atomic E-state index is 10.5. The first-order chi connectivity index (χ1) is 9.70. The summed E-state index contributed by atoms with van der Waals surface area (Å²) in [5, 5.41) is 8.59. The highest BCUT2D eigenvalue weighted by molar-refractivity contribution is 5.85. The maximum absolute atomic E-state index is 10.5. The third kappa shape index (κ3) is 3.79. The van der Waals surface area contributed by atoms with Crippen LogP contribution in [0.5, 0.6) is 0 Å². The average molecular weight is 275 g/mol. The third-order valence-electron chi connectivity index (χ3n) is 3.58. The largest absolute Gasteiger partial charge is 0.478 e. The molecule has 5 heteroatoms. The van der Waals surface area contributed by atoms with Gasteiger partial charge in [0.2, 0.25) is 5.95 Å². The number of hydrogen-bond acceptors (Lipinski definition) is 4. The van der Waals surface area contributed by atoms with E-state index >= 15 is 0 Å². The summed E-state index contributed by atoms with van der Waals surface area (Å²) in [4.78, 5) is 21.5. The quantitative estimate of drug-likeness (QED) is 0.837. The van der Waals surface area contributed by atoms with Crippen LogP contribution in [0.2, 0.25) is 0 Å². The third-order valence-corrected chi connectivity index (χ3v) is 3.58. The molecule has 0 radical (unpaired) electrons. The van der Waals surface area contributed by atoms with Gasteiger partial charge in [-0.2, -0.15) is 0 Å². The van der Waals surface area contributed by atoms with Crippen molar-refractivity contribution < 1.29 is 9.90 Å². The number of anilines is 1. The zero-order valence-corrected chi connectivity index (χ0v) is 11.8. The summed E-state index contributed by atoms with van der Waals surface area (Å²) in [5.74, 6) is -0.205. The van der Waals surface area contributed by atoms with E-state index in [1.807, 2.05) is 0 Å². The second-order valence-corrected chi connectivity index (χ2v) is 5.12. The van der Waals surface area contributed by atoms with E-state index in [0.29, 0.717) is 11.6 Å². The van der Waals surface area contributed by atoms with Crippen LogP contribution in [0.15, 0.2) is 18.5 Å². The first-order valence-electron chi connectivity index (χ1n) is 7.20. The number of aliphatic carboxylic acids is 1. The molecular weight excluding hydrogens is 254 g/mol. The zero-order chi connectivity index (χ0) is 14.4. The van der Waals surface area contributed by atoms with Crippen molar-refractivity contribution in [1.29, 1.82) is 0 Å². The van der Waals surface area contributed by atoms with E-state index in [1.165, 1.54) is 38.2 Å². The number of nitrogens with zero attached hydrogens (tertiary/aromatic N) is 3. The van der Waals surface area contributed by atoms with E-state index in [1.54, 1.807) is 12.4 Å². The number of hydrogen-bond donors (Lipinski definition) is 1. The molecule has 1 unspecified atom stereocenters. The summed E-state index contributed by atoms with van der Waals surface area (Å²) in [6.45, 7) is 3.21. The molecule has 2 rings (SSSR count). The molecule has 0 aromatic carbocycles. The monoisotopic (exact) mass is 275 g/mol. The van der Waals surface area contributed by atoms with Crippen molar-refractivity contribution in [1.82, 2.24) is 9.97 Å². The molecule has 5 nitrogen and oxygen atoms in total. The standard InChI is InChI=1S/C15H21N3O2/c1-2-5-13-6-3-4-9-18(13)15-16-10-12(11-17-15)7-8-14(19)20/h7-8,10-11,13H,2-6,9H2,1H3,(H,19,20)/b8-7+. The molecule has 0 aliphatic carbocycles. The Morgan fingerprint density at radius 3 is 2.85 bits per heavy atom. The molecule has 2 heterocycles. The number of piperidine rings is 1. The Labute approximate surface area is 119 Å². The van der Waals surface area contributed by atoms with Crippen molar-refractivity contribution in [2.24, 2.45) is 0 Å². The highest BCUT2D eigenvalue weighted by atomic mass is 16.4. The number of carboxylic acid groups (broad SMARTS) is 1. The van der Waals surface area contributed by atoms with Crippen LogP contribution in [0.3, 0.4) is 0 Å². The Morgan fingerprint density at radius 2 is 2.20 bits per heavy atom. The first kappa shape index (κ1) is 14.5. The van der Waals surface area contributed by atoms with Gasteiger partial charge in [0.25, 0.3) is 0 Å². The van der Waals surface area contributed by atoms with E-state index in [-0.39, 0.29) is 0 Å². The van der Waals surface area contributed by atoms with Gasteiger partial charge in [-0.15, -0.1) is 0 Å². The molecule has 1 aromatic heterocycles. The SMILES string of the molecule is CCCC1CCCCN1c1ncc(/C=C/C(=O)O)cn1. The summed E-state index contributed by atoms with van der Waals surface area (Å²) in [5.41, 5.74) is 0.709. The Balaban J connectivity index is 2.09. The van der Waals surface area contributed by atoms with Crippen LogP contribution >= 0.6 is 0 Å². The van der Waals surface area contributed by atoms with Crippen molar-refractivity contribution in [2.45, 2.75) is 45.1 Å². The summed E-state index contributed by atoms with van der Waals surface area (Å²) >= 11 is 0. The normalized spacial score (nSPS) is 19.4. The fourth-order valence-corrected chi connectivity index (χ4v) is 2.63. The van der Waals surface area contributed by atoms with E-state index in [4.69, 9.17) is 5.11 Å². The van der Waals surface area contributed by atoms with E-state index < -0.39 is 5.97 Å². The number of carbonyl (C=O) groups is 1. The summed E-state index contributed by atoms with van der Waals surface area (Å²) in [6.07, 6.45) is 12.0. The Bertz CT molecular complexity index is 469. The lowest BCUT2D eigenvalue weighted by Crippen LogP contribution is -2.40. The minimum atomic E-state index is -0.965. The molecule has 1 atom stereocenters. The van der Waals surface area contributed by atoms with Gasteiger partial charge in [0, 0.05) is 36.6 Å².